The van der Waals surface area contributed by atoms with E-state index in [1.54, 1.807) is 0 Å². The largest absolute Gasteiger partial charge is 0.494 e. The zero-order valence-electron chi connectivity index (χ0n) is 12.0. The van der Waals surface area contributed by atoms with Gasteiger partial charge in [0.25, 0.3) is 0 Å². The predicted octanol–water partition coefficient (Wildman–Crippen LogP) is 4.72. The van der Waals surface area contributed by atoms with Crippen molar-refractivity contribution in [2.24, 2.45) is 0 Å². The quantitative estimate of drug-likeness (QED) is 0.658. The molecule has 0 amide bonds. The highest BCUT2D eigenvalue weighted by molar-refractivity contribution is 5.85. The number of rotatable bonds is 6. The number of hydrogen-bond donors (Lipinski definition) is 1. The van der Waals surface area contributed by atoms with Gasteiger partial charge in [0.2, 0.25) is 0 Å². The van der Waals surface area contributed by atoms with Crippen LogP contribution in [0, 0.1) is 0 Å². The molecular formula is C19H19NO. The molecule has 0 saturated heterocycles. The van der Waals surface area contributed by atoms with Crippen molar-refractivity contribution in [2.75, 3.05) is 18.5 Å². The molecule has 0 bridgehead atoms. The molecule has 0 aliphatic carbocycles. The highest BCUT2D eigenvalue weighted by atomic mass is 16.5. The van der Waals surface area contributed by atoms with Gasteiger partial charge < -0.3 is 10.1 Å². The predicted molar refractivity (Wildman–Crippen MR) is 89.0 cm³/mol. The van der Waals surface area contributed by atoms with Gasteiger partial charge >= 0.3 is 0 Å². The third kappa shape index (κ3) is 3.76. The molecule has 1 N–H and O–H groups in total. The molecular weight excluding hydrogens is 258 g/mol. The number of hydrogen-bond acceptors (Lipinski definition) is 2. The lowest BCUT2D eigenvalue weighted by Gasteiger charge is -2.09. The number of nitrogens with one attached hydrogen (secondary N) is 1. The summed E-state index contributed by atoms with van der Waals surface area (Å²) in [4.78, 5) is 0. The number of anilines is 1. The van der Waals surface area contributed by atoms with Crippen LogP contribution in [0.25, 0.3) is 10.8 Å². The van der Waals surface area contributed by atoms with Crippen molar-refractivity contribution in [3.63, 3.8) is 0 Å². The maximum atomic E-state index is 5.67. The first-order valence-corrected chi connectivity index (χ1v) is 7.32. The summed E-state index contributed by atoms with van der Waals surface area (Å²) < 4.78 is 5.67. The Morgan fingerprint density at radius 3 is 2.38 bits per heavy atom. The summed E-state index contributed by atoms with van der Waals surface area (Å²) in [7, 11) is 0. The van der Waals surface area contributed by atoms with Crippen molar-refractivity contribution in [1.82, 2.24) is 0 Å². The maximum absolute atomic E-state index is 5.67. The van der Waals surface area contributed by atoms with E-state index in [2.05, 4.69) is 47.8 Å². The van der Waals surface area contributed by atoms with Crippen LogP contribution in [0.1, 0.15) is 6.42 Å². The van der Waals surface area contributed by atoms with E-state index < -0.39 is 0 Å². The van der Waals surface area contributed by atoms with Crippen molar-refractivity contribution in [2.45, 2.75) is 6.42 Å². The van der Waals surface area contributed by atoms with Crippen LogP contribution in [-0.2, 0) is 0 Å². The van der Waals surface area contributed by atoms with Gasteiger partial charge in [-0.05, 0) is 41.5 Å². The van der Waals surface area contributed by atoms with Crippen LogP contribution in [0.3, 0.4) is 0 Å². The average molecular weight is 277 g/mol. The molecule has 0 saturated carbocycles. The third-order valence-electron chi connectivity index (χ3n) is 3.41. The second-order valence-corrected chi connectivity index (χ2v) is 5.00. The Hall–Kier alpha value is -2.48. The van der Waals surface area contributed by atoms with Crippen molar-refractivity contribution in [3.05, 3.63) is 72.8 Å². The summed E-state index contributed by atoms with van der Waals surface area (Å²) >= 11 is 0. The molecule has 3 aromatic carbocycles. The van der Waals surface area contributed by atoms with Gasteiger partial charge in [0.05, 0.1) is 6.61 Å². The van der Waals surface area contributed by atoms with Gasteiger partial charge in [0.15, 0.2) is 0 Å². The summed E-state index contributed by atoms with van der Waals surface area (Å²) in [5.74, 6) is 0.934. The monoisotopic (exact) mass is 277 g/mol. The maximum Gasteiger partial charge on any atom is 0.119 e. The molecule has 0 unspecified atom stereocenters. The Kier molecular flexibility index (Phi) is 4.37. The molecule has 0 aromatic heterocycles. The molecule has 0 spiro atoms. The fraction of sp³-hybridized carbons (Fsp3) is 0.158. The molecule has 0 fully saturated rings. The first-order chi connectivity index (χ1) is 10.4. The third-order valence-corrected chi connectivity index (χ3v) is 3.41. The van der Waals surface area contributed by atoms with Crippen LogP contribution in [0.2, 0.25) is 0 Å². The highest BCUT2D eigenvalue weighted by Gasteiger charge is 1.96. The first kappa shape index (κ1) is 13.5. The van der Waals surface area contributed by atoms with Gasteiger partial charge in [0.1, 0.15) is 5.75 Å². The number of ether oxygens (including phenoxy) is 1. The summed E-state index contributed by atoms with van der Waals surface area (Å²) in [6.45, 7) is 1.63. The van der Waals surface area contributed by atoms with Gasteiger partial charge in [-0.15, -0.1) is 0 Å². The van der Waals surface area contributed by atoms with Crippen LogP contribution in [-0.4, -0.2) is 13.2 Å². The van der Waals surface area contributed by atoms with Gasteiger partial charge in [0, 0.05) is 12.2 Å². The molecule has 2 heteroatoms. The molecule has 21 heavy (non-hydrogen) atoms. The van der Waals surface area contributed by atoms with Crippen LogP contribution in [0.5, 0.6) is 5.75 Å². The van der Waals surface area contributed by atoms with E-state index in [1.165, 1.54) is 10.8 Å². The number of fused-ring (bicyclic) bond motifs is 1. The Labute approximate surface area is 125 Å². The van der Waals surface area contributed by atoms with Crippen LogP contribution >= 0.6 is 0 Å². The molecule has 0 aliphatic rings. The molecule has 3 rings (SSSR count). The zero-order chi connectivity index (χ0) is 14.3. The fourth-order valence-electron chi connectivity index (χ4n) is 2.31. The van der Waals surface area contributed by atoms with Crippen molar-refractivity contribution >= 4 is 16.5 Å². The van der Waals surface area contributed by atoms with Crippen LogP contribution in [0.15, 0.2) is 72.8 Å². The van der Waals surface area contributed by atoms with Crippen molar-refractivity contribution in [1.29, 1.82) is 0 Å². The van der Waals surface area contributed by atoms with E-state index in [9.17, 15) is 0 Å². The summed E-state index contributed by atoms with van der Waals surface area (Å²) in [6, 6.07) is 24.8. The van der Waals surface area contributed by atoms with E-state index in [1.807, 2.05) is 30.3 Å². The van der Waals surface area contributed by atoms with E-state index in [-0.39, 0.29) is 0 Å². The average Bonchev–Trinajstić information content (AvgIpc) is 2.55. The topological polar surface area (TPSA) is 21.3 Å². The first-order valence-electron chi connectivity index (χ1n) is 7.32. The molecule has 0 radical (unpaired) electrons. The smallest absolute Gasteiger partial charge is 0.119 e. The van der Waals surface area contributed by atoms with Crippen LogP contribution in [0.4, 0.5) is 5.69 Å². The second kappa shape index (κ2) is 6.80. The van der Waals surface area contributed by atoms with Crippen molar-refractivity contribution < 1.29 is 4.74 Å². The van der Waals surface area contributed by atoms with E-state index in [4.69, 9.17) is 4.74 Å². The fourth-order valence-corrected chi connectivity index (χ4v) is 2.31. The van der Waals surface area contributed by atoms with Gasteiger partial charge in [-0.25, -0.2) is 0 Å². The molecule has 106 valence electrons. The lowest BCUT2D eigenvalue weighted by Crippen LogP contribution is -2.07. The summed E-state index contributed by atoms with van der Waals surface area (Å²) in [6.07, 6.45) is 0.974. The van der Waals surface area contributed by atoms with E-state index >= 15 is 0 Å². The Balaban J connectivity index is 1.46. The lowest BCUT2D eigenvalue weighted by molar-refractivity contribution is 0.315. The minimum absolute atomic E-state index is 0.727. The van der Waals surface area contributed by atoms with Gasteiger partial charge in [-0.2, -0.15) is 0 Å². The van der Waals surface area contributed by atoms with Gasteiger partial charge in [-0.3, -0.25) is 0 Å². The number of benzene rings is 3. The van der Waals surface area contributed by atoms with Crippen LogP contribution < -0.4 is 10.1 Å². The Bertz CT molecular complexity index is 694. The van der Waals surface area contributed by atoms with Gasteiger partial charge in [-0.1, -0.05) is 48.5 Å². The molecule has 0 heterocycles. The normalized spacial score (nSPS) is 10.5. The SMILES string of the molecule is c1ccc(OCCCNc2ccc3ccccc3c2)cc1. The van der Waals surface area contributed by atoms with E-state index in [0.29, 0.717) is 0 Å². The number of para-hydroxylation sites is 1. The zero-order valence-corrected chi connectivity index (χ0v) is 12.0. The molecule has 2 nitrogen and oxygen atoms in total. The Morgan fingerprint density at radius 2 is 1.52 bits per heavy atom. The van der Waals surface area contributed by atoms with E-state index in [0.717, 1.165) is 31.0 Å². The standard InChI is InChI=1S/C19H19NO/c1-2-9-19(10-3-1)21-14-6-13-20-18-12-11-16-7-4-5-8-17(16)15-18/h1-5,7-12,15,20H,6,13-14H2. The minimum Gasteiger partial charge on any atom is -0.494 e. The summed E-state index contributed by atoms with van der Waals surface area (Å²) in [5, 5.41) is 5.98. The minimum atomic E-state index is 0.727. The lowest BCUT2D eigenvalue weighted by atomic mass is 10.1. The molecule has 3 aromatic rings. The van der Waals surface area contributed by atoms with Crippen molar-refractivity contribution in [3.8, 4) is 5.75 Å². The molecule has 0 aliphatic heterocycles. The Morgan fingerprint density at radius 1 is 0.762 bits per heavy atom. The highest BCUT2D eigenvalue weighted by Crippen LogP contribution is 2.18. The molecule has 0 atom stereocenters. The second-order valence-electron chi connectivity index (χ2n) is 5.00. The summed E-state index contributed by atoms with van der Waals surface area (Å²) in [5.41, 5.74) is 1.16.